The number of aromatic nitrogens is 4. The number of benzene rings is 1. The van der Waals surface area contributed by atoms with E-state index in [0.717, 1.165) is 16.2 Å². The summed E-state index contributed by atoms with van der Waals surface area (Å²) in [7, 11) is 0. The molecule has 1 N–H and O–H groups in total. The number of nitrogens with zero attached hydrogens (tertiary/aromatic N) is 5. The van der Waals surface area contributed by atoms with E-state index in [-0.39, 0.29) is 5.91 Å². The molecule has 1 aliphatic rings. The van der Waals surface area contributed by atoms with Gasteiger partial charge in [-0.2, -0.15) is 5.10 Å². The molecule has 0 aliphatic carbocycles. The number of aliphatic hydroxyl groups excluding tert-OH is 1. The van der Waals surface area contributed by atoms with Gasteiger partial charge in [0.15, 0.2) is 4.96 Å². The Morgan fingerprint density at radius 3 is 2.89 bits per heavy atom. The van der Waals surface area contributed by atoms with Gasteiger partial charge < -0.3 is 10.0 Å². The fourth-order valence-electron chi connectivity index (χ4n) is 3.39. The summed E-state index contributed by atoms with van der Waals surface area (Å²) >= 11 is 1.50. The molecule has 0 saturated carbocycles. The fraction of sp³-hybridized carbons (Fsp3) is 0.211. The van der Waals surface area contributed by atoms with Crippen LogP contribution in [0.5, 0.6) is 0 Å². The van der Waals surface area contributed by atoms with Crippen LogP contribution < -0.4 is 0 Å². The van der Waals surface area contributed by atoms with Crippen molar-refractivity contribution in [2.24, 2.45) is 0 Å². The van der Waals surface area contributed by atoms with E-state index >= 15 is 0 Å². The van der Waals surface area contributed by atoms with Gasteiger partial charge in [0.05, 0.1) is 24.5 Å². The fourth-order valence-corrected chi connectivity index (χ4v) is 4.09. The molecule has 8 heteroatoms. The maximum absolute atomic E-state index is 12.8. The molecule has 7 nitrogen and oxygen atoms in total. The largest absolute Gasteiger partial charge is 0.382 e. The van der Waals surface area contributed by atoms with Crippen molar-refractivity contribution in [2.45, 2.75) is 19.2 Å². The van der Waals surface area contributed by atoms with Gasteiger partial charge in [0.1, 0.15) is 11.8 Å². The summed E-state index contributed by atoms with van der Waals surface area (Å²) in [6.07, 6.45) is 2.89. The second kappa shape index (κ2) is 6.33. The normalized spacial score (nSPS) is 15.1. The quantitative estimate of drug-likeness (QED) is 0.593. The molecule has 0 spiro atoms. The molecule has 0 bridgehead atoms. The van der Waals surface area contributed by atoms with E-state index in [9.17, 15) is 9.90 Å². The van der Waals surface area contributed by atoms with Gasteiger partial charge in [0.2, 0.25) is 0 Å². The maximum atomic E-state index is 12.8. The number of imidazole rings is 1. The number of carbonyl (C=O) groups excluding carboxylic acids is 1. The van der Waals surface area contributed by atoms with E-state index in [1.165, 1.54) is 11.3 Å². The first kappa shape index (κ1) is 16.2. The molecule has 4 heterocycles. The number of thiazole rings is 1. The van der Waals surface area contributed by atoms with Gasteiger partial charge in [-0.05, 0) is 11.6 Å². The summed E-state index contributed by atoms with van der Waals surface area (Å²) in [6.45, 7) is 1.63. The van der Waals surface area contributed by atoms with E-state index in [1.54, 1.807) is 11.1 Å². The minimum Gasteiger partial charge on any atom is -0.382 e. The number of fused-ring (bicyclic) bond motifs is 2. The molecule has 1 aliphatic heterocycles. The second-order valence-corrected chi connectivity index (χ2v) is 7.42. The first-order chi connectivity index (χ1) is 13.2. The van der Waals surface area contributed by atoms with Gasteiger partial charge in [0, 0.05) is 24.3 Å². The molecule has 0 fully saturated rings. The predicted octanol–water partition coefficient (Wildman–Crippen LogP) is 2.33. The summed E-state index contributed by atoms with van der Waals surface area (Å²) in [6, 6.07) is 11.3. The molecule has 3 aromatic heterocycles. The lowest BCUT2D eigenvalue weighted by Crippen LogP contribution is -2.38. The molecular weight excluding hydrogens is 362 g/mol. The summed E-state index contributed by atoms with van der Waals surface area (Å²) in [5, 5.41) is 17.1. The van der Waals surface area contributed by atoms with Crippen molar-refractivity contribution in [3.63, 3.8) is 0 Å². The zero-order chi connectivity index (χ0) is 18.4. The van der Waals surface area contributed by atoms with Crippen LogP contribution in [0.3, 0.4) is 0 Å². The molecule has 27 heavy (non-hydrogen) atoms. The van der Waals surface area contributed by atoms with Gasteiger partial charge in [-0.3, -0.25) is 13.9 Å². The molecule has 0 unspecified atom stereocenters. The van der Waals surface area contributed by atoms with Crippen molar-refractivity contribution in [1.82, 2.24) is 24.1 Å². The van der Waals surface area contributed by atoms with Crippen molar-refractivity contribution in [3.8, 4) is 0 Å². The molecule has 0 saturated heterocycles. The lowest BCUT2D eigenvalue weighted by molar-refractivity contribution is 0.0700. The van der Waals surface area contributed by atoms with Crippen LogP contribution in [0, 0.1) is 0 Å². The van der Waals surface area contributed by atoms with Gasteiger partial charge in [0.25, 0.3) is 5.91 Å². The van der Waals surface area contributed by atoms with Crippen LogP contribution in [0.4, 0.5) is 0 Å². The van der Waals surface area contributed by atoms with Crippen LogP contribution in [0.15, 0.2) is 54.2 Å². The number of hydrogen-bond acceptors (Lipinski definition) is 5. The van der Waals surface area contributed by atoms with Gasteiger partial charge in [-0.15, -0.1) is 11.3 Å². The Balaban J connectivity index is 1.37. The molecule has 1 amide bonds. The number of carbonyl (C=O) groups is 1. The number of rotatable bonds is 3. The Bertz CT molecular complexity index is 1090. The zero-order valence-electron chi connectivity index (χ0n) is 14.4. The average molecular weight is 379 g/mol. The molecule has 4 aromatic rings. The first-order valence-corrected chi connectivity index (χ1v) is 9.58. The SMILES string of the molecule is O=C(c1cn2ccsc2n1)N1CCn2nc([C@@H](O)c3ccccc3)cc2C1. The third-order valence-corrected chi connectivity index (χ3v) is 5.58. The van der Waals surface area contributed by atoms with Crippen LogP contribution in [0.1, 0.15) is 33.5 Å². The Morgan fingerprint density at radius 2 is 2.07 bits per heavy atom. The van der Waals surface area contributed by atoms with Gasteiger partial charge in [-0.25, -0.2) is 4.98 Å². The first-order valence-electron chi connectivity index (χ1n) is 8.70. The Kier molecular flexibility index (Phi) is 3.80. The summed E-state index contributed by atoms with van der Waals surface area (Å²) < 4.78 is 3.73. The standard InChI is InChI=1S/C19H17N5O2S/c25-17(13-4-2-1-3-5-13)15-10-14-11-22(6-7-24(14)21-15)18(26)16-12-23-8-9-27-19(23)20-16/h1-5,8-10,12,17,25H,6-7,11H2/t17-/m0/s1. The highest BCUT2D eigenvalue weighted by Gasteiger charge is 2.26. The minimum absolute atomic E-state index is 0.0801. The third-order valence-electron chi connectivity index (χ3n) is 4.81. The van der Waals surface area contributed by atoms with Crippen LogP contribution in [-0.4, -0.2) is 41.6 Å². The highest BCUT2D eigenvalue weighted by molar-refractivity contribution is 7.15. The maximum Gasteiger partial charge on any atom is 0.274 e. The number of hydrogen-bond donors (Lipinski definition) is 1. The lowest BCUT2D eigenvalue weighted by Gasteiger charge is -2.26. The number of amides is 1. The Morgan fingerprint density at radius 1 is 1.22 bits per heavy atom. The van der Waals surface area contributed by atoms with E-state index in [1.807, 2.05) is 57.1 Å². The summed E-state index contributed by atoms with van der Waals surface area (Å²) in [5.41, 5.74) is 2.78. The second-order valence-electron chi connectivity index (χ2n) is 6.54. The average Bonchev–Trinajstić information content (AvgIpc) is 3.41. The molecule has 1 aromatic carbocycles. The minimum atomic E-state index is -0.770. The van der Waals surface area contributed by atoms with Crippen LogP contribution in [0.2, 0.25) is 0 Å². The van der Waals surface area contributed by atoms with Crippen molar-refractivity contribution in [2.75, 3.05) is 6.54 Å². The topological polar surface area (TPSA) is 75.7 Å². The van der Waals surface area contributed by atoms with Gasteiger partial charge in [-0.1, -0.05) is 30.3 Å². The number of aliphatic hydroxyl groups is 1. The van der Waals surface area contributed by atoms with Crippen LogP contribution in [-0.2, 0) is 13.1 Å². The van der Waals surface area contributed by atoms with Crippen LogP contribution in [0.25, 0.3) is 4.96 Å². The predicted molar refractivity (Wildman–Crippen MR) is 101 cm³/mol. The highest BCUT2D eigenvalue weighted by atomic mass is 32.1. The van der Waals surface area contributed by atoms with Gasteiger partial charge >= 0.3 is 0 Å². The summed E-state index contributed by atoms with van der Waals surface area (Å²) in [4.78, 5) is 19.8. The van der Waals surface area contributed by atoms with Crippen LogP contribution >= 0.6 is 11.3 Å². The van der Waals surface area contributed by atoms with E-state index in [0.29, 0.717) is 31.0 Å². The van der Waals surface area contributed by atoms with Crippen molar-refractivity contribution in [1.29, 1.82) is 0 Å². The highest BCUT2D eigenvalue weighted by Crippen LogP contribution is 2.24. The molecular formula is C19H17N5O2S. The zero-order valence-corrected chi connectivity index (χ0v) is 15.2. The summed E-state index contributed by atoms with van der Waals surface area (Å²) in [5.74, 6) is -0.0801. The Hall–Kier alpha value is -2.97. The Labute approximate surface area is 159 Å². The lowest BCUT2D eigenvalue weighted by atomic mass is 10.1. The van der Waals surface area contributed by atoms with E-state index < -0.39 is 6.10 Å². The van der Waals surface area contributed by atoms with E-state index in [4.69, 9.17) is 0 Å². The molecule has 0 radical (unpaired) electrons. The van der Waals surface area contributed by atoms with Crippen molar-refractivity contribution in [3.05, 3.63) is 76.8 Å². The van der Waals surface area contributed by atoms with Crippen molar-refractivity contribution < 1.29 is 9.90 Å². The van der Waals surface area contributed by atoms with Crippen molar-refractivity contribution >= 4 is 22.2 Å². The third kappa shape index (κ3) is 2.83. The van der Waals surface area contributed by atoms with E-state index in [2.05, 4.69) is 10.1 Å². The molecule has 5 rings (SSSR count). The smallest absolute Gasteiger partial charge is 0.274 e. The molecule has 136 valence electrons. The molecule has 1 atom stereocenters. The monoisotopic (exact) mass is 379 g/mol.